The topological polar surface area (TPSA) is 39.9 Å². The normalized spacial score (nSPS) is 10.3. The second-order valence-corrected chi connectivity index (χ2v) is 5.02. The lowest BCUT2D eigenvalue weighted by molar-refractivity contribution is 0.904. The van der Waals surface area contributed by atoms with E-state index in [1.165, 1.54) is 5.39 Å². The van der Waals surface area contributed by atoms with Gasteiger partial charge in [0, 0.05) is 25.2 Å². The first kappa shape index (κ1) is 13.1. The molecule has 3 nitrogen and oxygen atoms in total. The minimum atomic E-state index is 0.687. The molecule has 0 bridgehead atoms. The largest absolute Gasteiger partial charge is 0.355 e. The molecule has 0 atom stereocenters. The third kappa shape index (κ3) is 2.70. The fourth-order valence-corrected chi connectivity index (χ4v) is 2.50. The van der Waals surface area contributed by atoms with Crippen molar-refractivity contribution in [1.82, 2.24) is 4.98 Å². The number of pyridine rings is 1. The fraction of sp³-hybridized carbons (Fsp3) is 0.111. The molecule has 0 fully saturated rings. The molecule has 1 aromatic heterocycles. The van der Waals surface area contributed by atoms with Crippen LogP contribution in [0.5, 0.6) is 0 Å². The molecule has 0 aliphatic rings. The molecule has 102 valence electrons. The summed E-state index contributed by atoms with van der Waals surface area (Å²) in [5, 5.41) is 11.3. The fourth-order valence-electron chi connectivity index (χ4n) is 2.50. The molecule has 0 aliphatic heterocycles. The lowest BCUT2D eigenvalue weighted by atomic mass is 10.1. The Hall–Kier alpha value is -2.86. The van der Waals surface area contributed by atoms with E-state index in [0.29, 0.717) is 5.56 Å². The molecule has 0 saturated heterocycles. The van der Waals surface area contributed by atoms with Gasteiger partial charge in [-0.1, -0.05) is 36.4 Å². The summed E-state index contributed by atoms with van der Waals surface area (Å²) in [6.45, 7) is 0.719. The van der Waals surface area contributed by atoms with Crippen LogP contribution in [-0.2, 0) is 6.54 Å². The number of hydrogen-bond donors (Lipinski definition) is 0. The Morgan fingerprint density at radius 1 is 1.10 bits per heavy atom. The molecule has 2 aromatic carbocycles. The van der Waals surface area contributed by atoms with E-state index in [9.17, 15) is 0 Å². The molecule has 0 aliphatic carbocycles. The number of aromatic nitrogens is 1. The van der Waals surface area contributed by atoms with Crippen LogP contribution in [-0.4, -0.2) is 12.0 Å². The summed E-state index contributed by atoms with van der Waals surface area (Å²) in [5.41, 5.74) is 1.79. The van der Waals surface area contributed by atoms with Gasteiger partial charge in [-0.25, -0.2) is 4.98 Å². The molecule has 1 heterocycles. The SMILES string of the molecule is CN(Cc1cccc(C#N)c1)c1nccc2ccccc12. The Labute approximate surface area is 124 Å². The van der Waals surface area contributed by atoms with Gasteiger partial charge in [0.1, 0.15) is 5.82 Å². The van der Waals surface area contributed by atoms with Crippen molar-refractivity contribution in [1.29, 1.82) is 5.26 Å². The van der Waals surface area contributed by atoms with E-state index in [0.717, 1.165) is 23.3 Å². The van der Waals surface area contributed by atoms with Gasteiger partial charge in [0.25, 0.3) is 0 Å². The molecule has 0 radical (unpaired) electrons. The van der Waals surface area contributed by atoms with E-state index in [2.05, 4.69) is 28.1 Å². The summed E-state index contributed by atoms with van der Waals surface area (Å²) >= 11 is 0. The van der Waals surface area contributed by atoms with Crippen LogP contribution in [0.4, 0.5) is 5.82 Å². The van der Waals surface area contributed by atoms with Gasteiger partial charge in [-0.05, 0) is 29.1 Å². The van der Waals surface area contributed by atoms with E-state index in [4.69, 9.17) is 5.26 Å². The van der Waals surface area contributed by atoms with Crippen LogP contribution in [0.3, 0.4) is 0 Å². The van der Waals surface area contributed by atoms with E-state index in [-0.39, 0.29) is 0 Å². The van der Waals surface area contributed by atoms with Crippen molar-refractivity contribution in [3.8, 4) is 6.07 Å². The first-order valence-corrected chi connectivity index (χ1v) is 6.82. The zero-order valence-electron chi connectivity index (χ0n) is 11.8. The average molecular weight is 273 g/mol. The third-order valence-electron chi connectivity index (χ3n) is 3.49. The molecule has 3 rings (SSSR count). The van der Waals surface area contributed by atoms with Crippen LogP contribution in [0.25, 0.3) is 10.8 Å². The highest BCUT2D eigenvalue weighted by atomic mass is 15.2. The highest BCUT2D eigenvalue weighted by molar-refractivity contribution is 5.91. The summed E-state index contributed by atoms with van der Waals surface area (Å²) in [6.07, 6.45) is 1.83. The number of nitriles is 1. The number of benzene rings is 2. The van der Waals surface area contributed by atoms with Crippen LogP contribution in [0.1, 0.15) is 11.1 Å². The predicted octanol–water partition coefficient (Wildman–Crippen LogP) is 3.74. The molecule has 0 spiro atoms. The zero-order valence-corrected chi connectivity index (χ0v) is 11.8. The Morgan fingerprint density at radius 3 is 2.81 bits per heavy atom. The number of nitrogens with zero attached hydrogens (tertiary/aromatic N) is 3. The maximum Gasteiger partial charge on any atom is 0.136 e. The van der Waals surface area contributed by atoms with E-state index < -0.39 is 0 Å². The first-order valence-electron chi connectivity index (χ1n) is 6.82. The minimum Gasteiger partial charge on any atom is -0.355 e. The zero-order chi connectivity index (χ0) is 14.7. The first-order chi connectivity index (χ1) is 10.3. The third-order valence-corrected chi connectivity index (χ3v) is 3.49. The number of fused-ring (bicyclic) bond motifs is 1. The van der Waals surface area contributed by atoms with Gasteiger partial charge in [0.2, 0.25) is 0 Å². The van der Waals surface area contributed by atoms with E-state index in [1.54, 1.807) is 0 Å². The number of anilines is 1. The van der Waals surface area contributed by atoms with Crippen LogP contribution in [0.15, 0.2) is 60.8 Å². The van der Waals surface area contributed by atoms with Gasteiger partial charge in [-0.15, -0.1) is 0 Å². The molecule has 0 N–H and O–H groups in total. The van der Waals surface area contributed by atoms with Crippen LogP contribution in [0, 0.1) is 11.3 Å². The second-order valence-electron chi connectivity index (χ2n) is 5.02. The molecule has 0 unspecified atom stereocenters. The Morgan fingerprint density at radius 2 is 1.95 bits per heavy atom. The Bertz CT molecular complexity index is 813. The van der Waals surface area contributed by atoms with Crippen molar-refractivity contribution in [3.63, 3.8) is 0 Å². The van der Waals surface area contributed by atoms with Crippen molar-refractivity contribution in [2.45, 2.75) is 6.54 Å². The summed E-state index contributed by atoms with van der Waals surface area (Å²) in [4.78, 5) is 6.62. The monoisotopic (exact) mass is 273 g/mol. The summed E-state index contributed by atoms with van der Waals surface area (Å²) in [7, 11) is 2.02. The summed E-state index contributed by atoms with van der Waals surface area (Å²) in [6, 6.07) is 20.1. The number of rotatable bonds is 3. The summed E-state index contributed by atoms with van der Waals surface area (Å²) in [5.74, 6) is 0.954. The second kappa shape index (κ2) is 5.64. The molecule has 21 heavy (non-hydrogen) atoms. The van der Waals surface area contributed by atoms with Crippen LogP contribution >= 0.6 is 0 Å². The summed E-state index contributed by atoms with van der Waals surface area (Å²) < 4.78 is 0. The van der Waals surface area contributed by atoms with Crippen molar-refractivity contribution in [3.05, 3.63) is 71.9 Å². The van der Waals surface area contributed by atoms with Crippen molar-refractivity contribution in [2.24, 2.45) is 0 Å². The van der Waals surface area contributed by atoms with Gasteiger partial charge in [0.15, 0.2) is 0 Å². The van der Waals surface area contributed by atoms with Gasteiger partial charge < -0.3 is 4.90 Å². The highest BCUT2D eigenvalue weighted by Gasteiger charge is 2.08. The maximum atomic E-state index is 8.98. The van der Waals surface area contributed by atoms with Crippen molar-refractivity contribution >= 4 is 16.6 Å². The quantitative estimate of drug-likeness (QED) is 0.729. The lowest BCUT2D eigenvalue weighted by Gasteiger charge is -2.20. The number of hydrogen-bond acceptors (Lipinski definition) is 3. The van der Waals surface area contributed by atoms with Gasteiger partial charge in [-0.2, -0.15) is 5.26 Å². The molecule has 0 saturated carbocycles. The van der Waals surface area contributed by atoms with E-state index >= 15 is 0 Å². The van der Waals surface area contributed by atoms with Gasteiger partial charge >= 0.3 is 0 Å². The van der Waals surface area contributed by atoms with Crippen LogP contribution < -0.4 is 4.90 Å². The molecule has 0 amide bonds. The Balaban J connectivity index is 1.94. The average Bonchev–Trinajstić information content (AvgIpc) is 2.54. The van der Waals surface area contributed by atoms with Crippen molar-refractivity contribution in [2.75, 3.05) is 11.9 Å². The minimum absolute atomic E-state index is 0.687. The lowest BCUT2D eigenvalue weighted by Crippen LogP contribution is -2.18. The van der Waals surface area contributed by atoms with E-state index in [1.807, 2.05) is 55.7 Å². The van der Waals surface area contributed by atoms with Crippen molar-refractivity contribution < 1.29 is 0 Å². The molecular formula is C18H15N3. The molecule has 3 heteroatoms. The standard InChI is InChI=1S/C18H15N3/c1-21(13-15-6-4-5-14(11-15)12-19)18-17-8-3-2-7-16(17)9-10-20-18/h2-11H,13H2,1H3. The van der Waals surface area contributed by atoms with Crippen LogP contribution in [0.2, 0.25) is 0 Å². The Kier molecular flexibility index (Phi) is 3.53. The molecular weight excluding hydrogens is 258 g/mol. The molecule has 3 aromatic rings. The highest BCUT2D eigenvalue weighted by Crippen LogP contribution is 2.24. The smallest absolute Gasteiger partial charge is 0.136 e. The maximum absolute atomic E-state index is 8.98. The van der Waals surface area contributed by atoms with Gasteiger partial charge in [0.05, 0.1) is 11.6 Å². The predicted molar refractivity (Wildman–Crippen MR) is 85.0 cm³/mol. The van der Waals surface area contributed by atoms with Gasteiger partial charge in [-0.3, -0.25) is 0 Å².